The molecule has 0 fully saturated rings. The maximum atomic E-state index is 12.9. The van der Waals surface area contributed by atoms with Crippen LogP contribution in [0.1, 0.15) is 24.5 Å². The van der Waals surface area contributed by atoms with Crippen molar-refractivity contribution < 1.29 is 9.59 Å². The highest BCUT2D eigenvalue weighted by Gasteiger charge is 2.20. The molecule has 5 N–H and O–H groups in total. The second kappa shape index (κ2) is 10.2. The van der Waals surface area contributed by atoms with Crippen LogP contribution in [0.15, 0.2) is 54.2 Å². The van der Waals surface area contributed by atoms with Crippen LogP contribution in [0.25, 0.3) is 16.5 Å². The van der Waals surface area contributed by atoms with Crippen LogP contribution in [-0.2, 0) is 23.1 Å². The van der Waals surface area contributed by atoms with Gasteiger partial charge in [-0.15, -0.1) is 0 Å². The van der Waals surface area contributed by atoms with Crippen molar-refractivity contribution in [2.24, 2.45) is 12.8 Å². The lowest BCUT2D eigenvalue weighted by molar-refractivity contribution is -0.121. The highest BCUT2D eigenvalue weighted by Crippen LogP contribution is 2.32. The molecule has 1 aromatic heterocycles. The zero-order chi connectivity index (χ0) is 23.3. The number of fused-ring (bicyclic) bond motifs is 1. The molecule has 8 heteroatoms. The fourth-order valence-corrected chi connectivity index (χ4v) is 3.96. The topological polar surface area (TPSA) is 113 Å². The summed E-state index contributed by atoms with van der Waals surface area (Å²) in [5.41, 5.74) is 10.2. The number of carbonyl (C=O) groups excluding carboxylic acids is 2. The van der Waals surface area contributed by atoms with Gasteiger partial charge in [0.2, 0.25) is 6.41 Å². The van der Waals surface area contributed by atoms with Crippen molar-refractivity contribution in [3.8, 4) is 0 Å². The van der Waals surface area contributed by atoms with Crippen molar-refractivity contribution in [3.63, 3.8) is 0 Å². The normalized spacial score (nSPS) is 11.7. The average Bonchev–Trinajstić information content (AvgIpc) is 3.04. The lowest BCUT2D eigenvalue weighted by Gasteiger charge is -2.15. The molecule has 166 valence electrons. The van der Waals surface area contributed by atoms with Gasteiger partial charge >= 0.3 is 0 Å². The number of nitrogens with two attached hydrogens (primary N) is 1. The number of anilines is 1. The summed E-state index contributed by atoms with van der Waals surface area (Å²) < 4.78 is 1.93. The fourth-order valence-electron chi connectivity index (χ4n) is 3.79. The summed E-state index contributed by atoms with van der Waals surface area (Å²) >= 11 is 6.23. The van der Waals surface area contributed by atoms with Crippen LogP contribution in [-0.4, -0.2) is 29.3 Å². The molecule has 1 heterocycles. The van der Waals surface area contributed by atoms with E-state index in [-0.39, 0.29) is 5.84 Å². The molecule has 0 aliphatic carbocycles. The molecule has 3 rings (SSSR count). The standard InChI is InChI=1S/C24H26ClN5O2/c1-15(11-16-5-3-4-6-20(16)28-10-9-22(26)27)23(24(32)29-14-31)19-13-30(2)21-8-7-17(25)12-18(19)21/h3-8,12-14,28H,9-11H2,1-2H3,(H3,26,27)(H,29,31,32)/b23-15+. The SMILES string of the molecule is C/C(Cc1ccccc1NCCC(=N)N)=C(\C(=O)NC=O)c1cn(C)c2ccc(Cl)cc12. The minimum absolute atomic E-state index is 0.119. The van der Waals surface area contributed by atoms with Gasteiger partial charge in [0.15, 0.2) is 0 Å². The van der Waals surface area contributed by atoms with E-state index in [4.69, 9.17) is 22.7 Å². The molecule has 0 unspecified atom stereocenters. The Hall–Kier alpha value is -3.58. The van der Waals surface area contributed by atoms with E-state index in [2.05, 4.69) is 10.6 Å². The summed E-state index contributed by atoms with van der Waals surface area (Å²) in [5, 5.41) is 14.4. The minimum atomic E-state index is -0.466. The molecular weight excluding hydrogens is 426 g/mol. The molecule has 2 aromatic carbocycles. The van der Waals surface area contributed by atoms with E-state index in [0.29, 0.717) is 42.0 Å². The molecule has 0 aliphatic heterocycles. The highest BCUT2D eigenvalue weighted by atomic mass is 35.5. The minimum Gasteiger partial charge on any atom is -0.388 e. The Morgan fingerprint density at radius 3 is 2.72 bits per heavy atom. The van der Waals surface area contributed by atoms with Crippen LogP contribution in [0, 0.1) is 5.41 Å². The van der Waals surface area contributed by atoms with E-state index in [1.807, 2.05) is 61.1 Å². The van der Waals surface area contributed by atoms with Crippen molar-refractivity contribution in [1.82, 2.24) is 9.88 Å². The van der Waals surface area contributed by atoms with E-state index in [1.54, 1.807) is 6.07 Å². The van der Waals surface area contributed by atoms with E-state index in [9.17, 15) is 9.59 Å². The van der Waals surface area contributed by atoms with Crippen LogP contribution in [0.2, 0.25) is 5.02 Å². The van der Waals surface area contributed by atoms with Crippen molar-refractivity contribution >= 4 is 51.9 Å². The Morgan fingerprint density at radius 1 is 1.25 bits per heavy atom. The summed E-state index contributed by atoms with van der Waals surface area (Å²) in [6.45, 7) is 2.42. The predicted octanol–water partition coefficient (Wildman–Crippen LogP) is 3.86. The molecule has 0 bridgehead atoms. The van der Waals surface area contributed by atoms with Crippen LogP contribution in [0.4, 0.5) is 5.69 Å². The number of benzene rings is 2. The predicted molar refractivity (Wildman–Crippen MR) is 130 cm³/mol. The molecule has 0 aliphatic rings. The van der Waals surface area contributed by atoms with Gasteiger partial charge < -0.3 is 15.6 Å². The summed E-state index contributed by atoms with van der Waals surface area (Å²) in [6.07, 6.45) is 3.20. The number of nitrogens with zero attached hydrogens (tertiary/aromatic N) is 1. The third kappa shape index (κ3) is 5.18. The molecule has 3 aromatic rings. The number of hydrogen-bond donors (Lipinski definition) is 4. The van der Waals surface area contributed by atoms with E-state index in [0.717, 1.165) is 27.7 Å². The Bertz CT molecular complexity index is 1210. The summed E-state index contributed by atoms with van der Waals surface area (Å²) in [7, 11) is 1.90. The number of hydrogen-bond acceptors (Lipinski definition) is 4. The second-order valence-corrected chi connectivity index (χ2v) is 8.03. The first kappa shape index (κ1) is 23.1. The van der Waals surface area contributed by atoms with Gasteiger partial charge in [-0.25, -0.2) is 0 Å². The number of rotatable bonds is 9. The fraction of sp³-hybridized carbons (Fsp3) is 0.208. The lowest BCUT2D eigenvalue weighted by Crippen LogP contribution is -2.23. The molecule has 7 nitrogen and oxygen atoms in total. The highest BCUT2D eigenvalue weighted by molar-refractivity contribution is 6.32. The molecule has 32 heavy (non-hydrogen) atoms. The number of aryl methyl sites for hydroxylation is 1. The zero-order valence-corrected chi connectivity index (χ0v) is 18.8. The Morgan fingerprint density at radius 2 is 2.00 bits per heavy atom. The van der Waals surface area contributed by atoms with Gasteiger partial charge in [-0.3, -0.25) is 20.3 Å². The number of amides is 2. The van der Waals surface area contributed by atoms with Gasteiger partial charge in [-0.2, -0.15) is 0 Å². The number of para-hydroxylation sites is 1. The molecule has 0 spiro atoms. The van der Waals surface area contributed by atoms with Crippen LogP contribution < -0.4 is 16.4 Å². The quantitative estimate of drug-likeness (QED) is 0.171. The first-order valence-electron chi connectivity index (χ1n) is 10.2. The number of amidine groups is 1. The maximum Gasteiger partial charge on any atom is 0.258 e. The third-order valence-corrected chi connectivity index (χ3v) is 5.48. The molecule has 2 amide bonds. The van der Waals surface area contributed by atoms with Crippen molar-refractivity contribution in [2.45, 2.75) is 19.8 Å². The maximum absolute atomic E-state index is 12.9. The van der Waals surface area contributed by atoms with Gasteiger partial charge in [0.05, 0.1) is 5.84 Å². The van der Waals surface area contributed by atoms with E-state index >= 15 is 0 Å². The van der Waals surface area contributed by atoms with Crippen LogP contribution in [0.3, 0.4) is 0 Å². The monoisotopic (exact) mass is 451 g/mol. The van der Waals surface area contributed by atoms with Crippen LogP contribution in [0.5, 0.6) is 0 Å². The van der Waals surface area contributed by atoms with Crippen molar-refractivity contribution in [2.75, 3.05) is 11.9 Å². The molecular formula is C24H26ClN5O2. The van der Waals surface area contributed by atoms with Crippen molar-refractivity contribution in [1.29, 1.82) is 5.41 Å². The number of allylic oxidation sites excluding steroid dienone is 1. The van der Waals surface area contributed by atoms with Gasteiger partial charge in [0.1, 0.15) is 0 Å². The third-order valence-electron chi connectivity index (χ3n) is 5.25. The van der Waals surface area contributed by atoms with E-state index < -0.39 is 5.91 Å². The van der Waals surface area contributed by atoms with Gasteiger partial charge in [-0.05, 0) is 43.2 Å². The van der Waals surface area contributed by atoms with Gasteiger partial charge in [0, 0.05) is 59.0 Å². The summed E-state index contributed by atoms with van der Waals surface area (Å²) in [4.78, 5) is 24.0. The number of imide groups is 1. The average molecular weight is 452 g/mol. The number of nitrogens with one attached hydrogen (secondary N) is 3. The summed E-state index contributed by atoms with van der Waals surface area (Å²) in [6, 6.07) is 13.3. The first-order valence-corrected chi connectivity index (χ1v) is 10.5. The molecule has 0 saturated carbocycles. The van der Waals surface area contributed by atoms with Crippen molar-refractivity contribution in [3.05, 3.63) is 70.4 Å². The first-order chi connectivity index (χ1) is 15.3. The summed E-state index contributed by atoms with van der Waals surface area (Å²) in [5.74, 6) is -0.347. The number of halogens is 1. The lowest BCUT2D eigenvalue weighted by atomic mass is 9.94. The largest absolute Gasteiger partial charge is 0.388 e. The Labute approximate surface area is 191 Å². The molecule has 0 saturated heterocycles. The molecule has 0 atom stereocenters. The zero-order valence-electron chi connectivity index (χ0n) is 18.0. The second-order valence-electron chi connectivity index (χ2n) is 7.60. The number of aromatic nitrogens is 1. The van der Waals surface area contributed by atoms with E-state index in [1.165, 1.54) is 0 Å². The Kier molecular flexibility index (Phi) is 7.33. The molecule has 0 radical (unpaired) electrons. The van der Waals surface area contributed by atoms with Crippen LogP contribution >= 0.6 is 11.6 Å². The van der Waals surface area contributed by atoms with Gasteiger partial charge in [-0.1, -0.05) is 35.4 Å². The number of carbonyl (C=O) groups is 2. The smallest absolute Gasteiger partial charge is 0.258 e. The van der Waals surface area contributed by atoms with Gasteiger partial charge in [0.25, 0.3) is 5.91 Å². The Balaban J connectivity index is 2.06.